The average Bonchev–Trinajstić information content (AvgIpc) is 2.86. The minimum Gasteiger partial charge on any atom is -0.477 e. The molecule has 0 atom stereocenters. The first kappa shape index (κ1) is 11.3. The van der Waals surface area contributed by atoms with Crippen molar-refractivity contribution < 1.29 is 14.7 Å². The van der Waals surface area contributed by atoms with Crippen LogP contribution < -0.4 is 5.32 Å². The predicted molar refractivity (Wildman–Crippen MR) is 60.4 cm³/mol. The number of nitrogens with one attached hydrogen (secondary N) is 2. The van der Waals surface area contributed by atoms with Gasteiger partial charge in [0.05, 0.1) is 11.2 Å². The zero-order valence-electron chi connectivity index (χ0n) is 8.72. The van der Waals surface area contributed by atoms with Gasteiger partial charge in [0.15, 0.2) is 5.82 Å². The minimum atomic E-state index is -1.13. The molecule has 0 saturated carbocycles. The number of carboxylic acid groups (broad SMARTS) is 1. The molecule has 0 aliphatic carbocycles. The van der Waals surface area contributed by atoms with Gasteiger partial charge in [0.25, 0.3) is 5.91 Å². The first-order valence-electron chi connectivity index (χ1n) is 4.58. The second-order valence-electron chi connectivity index (χ2n) is 3.19. The molecule has 8 heteroatoms. The van der Waals surface area contributed by atoms with Crippen LogP contribution in [-0.4, -0.2) is 32.2 Å². The largest absolute Gasteiger partial charge is 0.477 e. The van der Waals surface area contributed by atoms with Crippen molar-refractivity contribution in [2.45, 2.75) is 6.92 Å². The van der Waals surface area contributed by atoms with Crippen molar-refractivity contribution in [2.75, 3.05) is 5.32 Å². The Morgan fingerprint density at radius 3 is 2.82 bits per heavy atom. The Morgan fingerprint density at radius 1 is 1.53 bits per heavy atom. The van der Waals surface area contributed by atoms with Crippen molar-refractivity contribution in [1.29, 1.82) is 0 Å². The number of carbonyl (C=O) groups excluding carboxylic acids is 1. The Morgan fingerprint density at radius 2 is 2.29 bits per heavy atom. The molecule has 0 unspecified atom stereocenters. The molecule has 7 nitrogen and oxygen atoms in total. The van der Waals surface area contributed by atoms with Crippen LogP contribution in [0.25, 0.3) is 0 Å². The van der Waals surface area contributed by atoms with E-state index in [0.29, 0.717) is 10.6 Å². The third-order valence-electron chi connectivity index (χ3n) is 2.00. The summed E-state index contributed by atoms with van der Waals surface area (Å²) in [4.78, 5) is 26.7. The Kier molecular flexibility index (Phi) is 2.88. The molecule has 1 amide bonds. The van der Waals surface area contributed by atoms with Gasteiger partial charge in [0, 0.05) is 6.07 Å². The molecule has 0 spiro atoms. The third kappa shape index (κ3) is 2.31. The van der Waals surface area contributed by atoms with Gasteiger partial charge in [0.2, 0.25) is 0 Å². The number of hydrogen-bond donors (Lipinski definition) is 3. The summed E-state index contributed by atoms with van der Waals surface area (Å²) in [6, 6.07) is 1.25. The van der Waals surface area contributed by atoms with E-state index in [-0.39, 0.29) is 17.4 Å². The van der Waals surface area contributed by atoms with Gasteiger partial charge < -0.3 is 10.4 Å². The number of carboxylic acids is 1. The summed E-state index contributed by atoms with van der Waals surface area (Å²) in [7, 11) is 0. The maximum atomic E-state index is 11.7. The fraction of sp³-hybridized carbons (Fsp3) is 0.111. The SMILES string of the molecule is Cc1ncsc1C(=O)Nc1cc(C(=O)O)[nH]n1. The number of thiazole rings is 1. The number of amides is 1. The van der Waals surface area contributed by atoms with E-state index in [4.69, 9.17) is 5.11 Å². The molecule has 0 aliphatic rings. The van der Waals surface area contributed by atoms with Crippen molar-refractivity contribution in [3.05, 3.63) is 27.8 Å². The zero-order valence-corrected chi connectivity index (χ0v) is 9.54. The van der Waals surface area contributed by atoms with Crippen LogP contribution in [0.5, 0.6) is 0 Å². The molecular formula is C9H8N4O3S. The van der Waals surface area contributed by atoms with Gasteiger partial charge in [-0.05, 0) is 6.92 Å². The van der Waals surface area contributed by atoms with Crippen molar-refractivity contribution in [2.24, 2.45) is 0 Å². The standard InChI is InChI=1S/C9H8N4O3S/c1-4-7(17-3-10-4)8(14)11-6-2-5(9(15)16)12-13-6/h2-3H,1H3,(H,15,16)(H2,11,12,13,14). The molecule has 2 aromatic rings. The van der Waals surface area contributed by atoms with Gasteiger partial charge in [-0.3, -0.25) is 9.89 Å². The quantitative estimate of drug-likeness (QED) is 0.758. The number of aryl methyl sites for hydroxylation is 1. The lowest BCUT2D eigenvalue weighted by Crippen LogP contribution is -2.11. The van der Waals surface area contributed by atoms with Crippen LogP contribution in [-0.2, 0) is 0 Å². The molecule has 88 valence electrons. The summed E-state index contributed by atoms with van der Waals surface area (Å²) in [5, 5.41) is 17.1. The zero-order chi connectivity index (χ0) is 12.4. The van der Waals surface area contributed by atoms with Crippen molar-refractivity contribution in [1.82, 2.24) is 15.2 Å². The highest BCUT2D eigenvalue weighted by atomic mass is 32.1. The molecule has 3 N–H and O–H groups in total. The Bertz CT molecular complexity index is 574. The number of anilines is 1. The van der Waals surface area contributed by atoms with E-state index in [2.05, 4.69) is 20.5 Å². The second-order valence-corrected chi connectivity index (χ2v) is 4.05. The van der Waals surface area contributed by atoms with Crippen molar-refractivity contribution in [3.63, 3.8) is 0 Å². The lowest BCUT2D eigenvalue weighted by molar-refractivity contribution is 0.0690. The van der Waals surface area contributed by atoms with E-state index in [1.54, 1.807) is 12.4 Å². The summed E-state index contributed by atoms with van der Waals surface area (Å²) in [6.45, 7) is 1.72. The van der Waals surface area contributed by atoms with E-state index in [1.807, 2.05) is 0 Å². The van der Waals surface area contributed by atoms with E-state index < -0.39 is 5.97 Å². The summed E-state index contributed by atoms with van der Waals surface area (Å²) in [5.74, 6) is -1.32. The number of carbonyl (C=O) groups is 2. The summed E-state index contributed by atoms with van der Waals surface area (Å²) in [6.07, 6.45) is 0. The summed E-state index contributed by atoms with van der Waals surface area (Å²) >= 11 is 1.21. The van der Waals surface area contributed by atoms with Crippen LogP contribution >= 0.6 is 11.3 Å². The molecule has 0 radical (unpaired) electrons. The van der Waals surface area contributed by atoms with Gasteiger partial charge in [-0.25, -0.2) is 9.78 Å². The van der Waals surface area contributed by atoms with Crippen LogP contribution in [0, 0.1) is 6.92 Å². The fourth-order valence-corrected chi connectivity index (χ4v) is 1.89. The van der Waals surface area contributed by atoms with Crippen molar-refractivity contribution in [3.8, 4) is 0 Å². The lowest BCUT2D eigenvalue weighted by atomic mass is 10.3. The van der Waals surface area contributed by atoms with Gasteiger partial charge in [-0.15, -0.1) is 11.3 Å². The molecule has 0 aromatic carbocycles. The van der Waals surface area contributed by atoms with E-state index in [1.165, 1.54) is 17.4 Å². The molecule has 0 saturated heterocycles. The van der Waals surface area contributed by atoms with E-state index in [9.17, 15) is 9.59 Å². The topological polar surface area (TPSA) is 108 Å². The van der Waals surface area contributed by atoms with Crippen molar-refractivity contribution >= 4 is 29.0 Å². The highest BCUT2D eigenvalue weighted by Gasteiger charge is 2.14. The minimum absolute atomic E-state index is 0.0821. The number of rotatable bonds is 3. The molecule has 2 rings (SSSR count). The number of nitrogens with zero attached hydrogens (tertiary/aromatic N) is 2. The monoisotopic (exact) mass is 252 g/mol. The summed E-state index contributed by atoms with van der Waals surface area (Å²) in [5.41, 5.74) is 2.11. The van der Waals surface area contributed by atoms with E-state index >= 15 is 0 Å². The second kappa shape index (κ2) is 4.34. The van der Waals surface area contributed by atoms with Crippen LogP contribution in [0.15, 0.2) is 11.6 Å². The van der Waals surface area contributed by atoms with E-state index in [0.717, 1.165) is 0 Å². The van der Waals surface area contributed by atoms with Crippen LogP contribution in [0.3, 0.4) is 0 Å². The van der Waals surface area contributed by atoms with Gasteiger partial charge >= 0.3 is 5.97 Å². The Labute approximate surface area is 99.5 Å². The average molecular weight is 252 g/mol. The smallest absolute Gasteiger partial charge is 0.353 e. The highest BCUT2D eigenvalue weighted by molar-refractivity contribution is 7.12. The predicted octanol–water partition coefficient (Wildman–Crippen LogP) is 1.13. The molecular weight excluding hydrogens is 244 g/mol. The number of aromatic amines is 1. The molecule has 17 heavy (non-hydrogen) atoms. The number of H-pyrrole nitrogens is 1. The molecule has 0 bridgehead atoms. The Balaban J connectivity index is 2.13. The molecule has 2 heterocycles. The van der Waals surface area contributed by atoms with Gasteiger partial charge in [0.1, 0.15) is 10.6 Å². The highest BCUT2D eigenvalue weighted by Crippen LogP contribution is 2.14. The van der Waals surface area contributed by atoms with Crippen LogP contribution in [0.4, 0.5) is 5.82 Å². The summed E-state index contributed by atoms with van der Waals surface area (Å²) < 4.78 is 0. The van der Waals surface area contributed by atoms with Gasteiger partial charge in [-0.1, -0.05) is 0 Å². The first-order valence-corrected chi connectivity index (χ1v) is 5.46. The fourth-order valence-electron chi connectivity index (χ4n) is 1.19. The maximum absolute atomic E-state index is 11.7. The number of aromatic carboxylic acids is 1. The molecule has 0 aliphatic heterocycles. The number of aromatic nitrogens is 3. The van der Waals surface area contributed by atoms with Crippen LogP contribution in [0.2, 0.25) is 0 Å². The lowest BCUT2D eigenvalue weighted by Gasteiger charge is -1.98. The Hall–Kier alpha value is -2.22. The normalized spacial score (nSPS) is 10.2. The van der Waals surface area contributed by atoms with Crippen LogP contribution in [0.1, 0.15) is 25.9 Å². The molecule has 0 fully saturated rings. The maximum Gasteiger partial charge on any atom is 0.353 e. The van der Waals surface area contributed by atoms with Gasteiger partial charge in [-0.2, -0.15) is 5.10 Å². The third-order valence-corrected chi connectivity index (χ3v) is 2.93. The first-order chi connectivity index (χ1) is 8.08. The molecule has 2 aromatic heterocycles. The number of hydrogen-bond acceptors (Lipinski definition) is 5.